The molecule has 30 heavy (non-hydrogen) atoms. The van der Waals surface area contributed by atoms with Crippen LogP contribution in [-0.4, -0.2) is 16.3 Å². The van der Waals surface area contributed by atoms with Crippen molar-refractivity contribution in [2.24, 2.45) is 0 Å². The molecule has 0 radical (unpaired) electrons. The molecule has 2 amide bonds. The molecule has 1 atom stereocenters. The van der Waals surface area contributed by atoms with E-state index >= 15 is 0 Å². The van der Waals surface area contributed by atoms with Gasteiger partial charge >= 0.3 is 6.03 Å². The summed E-state index contributed by atoms with van der Waals surface area (Å²) in [5, 5.41) is 21.9. The number of carbonyl (C=O) groups excluding carboxylic acids is 1. The SMILES string of the molecule is CC.CC.Cc1cc(NC(=O)Nc2ccc(Nc3cccc(C(C)O)c3)cc2)no1. The van der Waals surface area contributed by atoms with Gasteiger partial charge in [0.15, 0.2) is 5.82 Å². The Morgan fingerprint density at radius 3 is 2.13 bits per heavy atom. The number of aryl methyl sites for hydroxylation is 1. The van der Waals surface area contributed by atoms with E-state index in [1.54, 1.807) is 32.0 Å². The minimum atomic E-state index is -0.518. The van der Waals surface area contributed by atoms with Gasteiger partial charge in [-0.15, -0.1) is 0 Å². The van der Waals surface area contributed by atoms with Crippen LogP contribution < -0.4 is 16.0 Å². The summed E-state index contributed by atoms with van der Waals surface area (Å²) in [4.78, 5) is 11.9. The number of rotatable bonds is 5. The number of aliphatic hydroxyl groups is 1. The van der Waals surface area contributed by atoms with Gasteiger partial charge < -0.3 is 20.3 Å². The van der Waals surface area contributed by atoms with Gasteiger partial charge in [-0.1, -0.05) is 45.0 Å². The van der Waals surface area contributed by atoms with E-state index in [1.165, 1.54) is 0 Å². The molecule has 162 valence electrons. The standard InChI is InChI=1S/C19H20N4O3.2C2H6/c1-12-10-18(23-26-12)22-19(25)21-16-8-6-15(7-9-16)20-17-5-3-4-14(11-17)13(2)24;2*1-2/h3-11,13,20,24H,1-2H3,(H2,21,22,23,25);2*1-2H3. The molecule has 4 N–H and O–H groups in total. The van der Waals surface area contributed by atoms with Crippen molar-refractivity contribution in [1.29, 1.82) is 0 Å². The molecule has 1 unspecified atom stereocenters. The van der Waals surface area contributed by atoms with Gasteiger partial charge in [0.05, 0.1) is 6.10 Å². The van der Waals surface area contributed by atoms with Gasteiger partial charge in [-0.05, 0) is 55.8 Å². The van der Waals surface area contributed by atoms with E-state index in [0.29, 0.717) is 17.3 Å². The second-order valence-corrected chi connectivity index (χ2v) is 5.91. The lowest BCUT2D eigenvalue weighted by molar-refractivity contribution is 0.199. The number of amides is 2. The maximum Gasteiger partial charge on any atom is 0.324 e. The Balaban J connectivity index is 0.00000106. The molecule has 0 aliphatic rings. The van der Waals surface area contributed by atoms with Crippen LogP contribution in [0.25, 0.3) is 0 Å². The molecular formula is C23H32N4O3. The molecule has 3 rings (SSSR count). The van der Waals surface area contributed by atoms with Crippen molar-refractivity contribution in [3.05, 3.63) is 65.9 Å². The van der Waals surface area contributed by atoms with Crippen LogP contribution in [0.4, 0.5) is 27.7 Å². The first-order chi connectivity index (χ1) is 14.5. The number of aromatic nitrogens is 1. The summed E-state index contributed by atoms with van der Waals surface area (Å²) >= 11 is 0. The van der Waals surface area contributed by atoms with Crippen LogP contribution in [0.5, 0.6) is 0 Å². The van der Waals surface area contributed by atoms with Crippen LogP contribution in [0, 0.1) is 6.92 Å². The third kappa shape index (κ3) is 7.97. The van der Waals surface area contributed by atoms with E-state index in [2.05, 4.69) is 21.1 Å². The van der Waals surface area contributed by atoms with E-state index < -0.39 is 12.1 Å². The normalized spacial score (nSPS) is 10.5. The fourth-order valence-electron chi connectivity index (χ4n) is 2.38. The maximum absolute atomic E-state index is 11.9. The first kappa shape index (κ1) is 24.7. The van der Waals surface area contributed by atoms with Crippen LogP contribution in [0.3, 0.4) is 0 Å². The zero-order valence-corrected chi connectivity index (χ0v) is 18.5. The fraction of sp³-hybridized carbons (Fsp3) is 0.304. The summed E-state index contributed by atoms with van der Waals surface area (Å²) in [5.41, 5.74) is 3.23. The van der Waals surface area contributed by atoms with Gasteiger partial charge in [0, 0.05) is 23.1 Å². The average Bonchev–Trinajstić information content (AvgIpc) is 3.17. The van der Waals surface area contributed by atoms with Crippen LogP contribution in [-0.2, 0) is 0 Å². The molecule has 2 aromatic carbocycles. The van der Waals surface area contributed by atoms with Crippen molar-refractivity contribution in [3.63, 3.8) is 0 Å². The first-order valence-corrected chi connectivity index (χ1v) is 10.2. The molecule has 0 bridgehead atoms. The number of hydrogen-bond donors (Lipinski definition) is 4. The molecule has 3 aromatic rings. The summed E-state index contributed by atoms with van der Waals surface area (Å²) in [6, 6.07) is 16.1. The predicted molar refractivity (Wildman–Crippen MR) is 123 cm³/mol. The quantitative estimate of drug-likeness (QED) is 0.384. The third-order valence-electron chi connectivity index (χ3n) is 3.67. The molecule has 7 heteroatoms. The molecule has 0 aliphatic carbocycles. The molecule has 7 nitrogen and oxygen atoms in total. The topological polar surface area (TPSA) is 99.4 Å². The lowest BCUT2D eigenvalue weighted by Crippen LogP contribution is -2.19. The number of anilines is 4. The molecule has 0 fully saturated rings. The minimum absolute atomic E-state index is 0.358. The van der Waals surface area contributed by atoms with Crippen molar-refractivity contribution in [2.45, 2.75) is 47.6 Å². The lowest BCUT2D eigenvalue weighted by atomic mass is 10.1. The number of carbonyl (C=O) groups is 1. The summed E-state index contributed by atoms with van der Waals surface area (Å²) < 4.78 is 4.89. The lowest BCUT2D eigenvalue weighted by Gasteiger charge is -2.11. The fourth-order valence-corrected chi connectivity index (χ4v) is 2.38. The van der Waals surface area contributed by atoms with Crippen molar-refractivity contribution < 1.29 is 14.4 Å². The van der Waals surface area contributed by atoms with Crippen LogP contribution in [0.1, 0.15) is 52.0 Å². The van der Waals surface area contributed by atoms with E-state index in [9.17, 15) is 9.90 Å². The zero-order valence-electron chi connectivity index (χ0n) is 18.5. The Hall–Kier alpha value is -3.32. The smallest absolute Gasteiger partial charge is 0.324 e. The van der Waals surface area contributed by atoms with E-state index in [-0.39, 0.29) is 0 Å². The number of aliphatic hydroxyl groups excluding tert-OH is 1. The van der Waals surface area contributed by atoms with Crippen molar-refractivity contribution in [2.75, 3.05) is 16.0 Å². The summed E-state index contributed by atoms with van der Waals surface area (Å²) in [7, 11) is 0. The van der Waals surface area contributed by atoms with Crippen LogP contribution >= 0.6 is 0 Å². The zero-order chi connectivity index (χ0) is 22.5. The predicted octanol–water partition coefficient (Wildman–Crippen LogP) is 6.48. The van der Waals surface area contributed by atoms with Gasteiger partial charge in [-0.3, -0.25) is 5.32 Å². The molecular weight excluding hydrogens is 380 g/mol. The highest BCUT2D eigenvalue weighted by atomic mass is 16.5. The minimum Gasteiger partial charge on any atom is -0.389 e. The van der Waals surface area contributed by atoms with Gasteiger partial charge in [-0.2, -0.15) is 0 Å². The maximum atomic E-state index is 11.9. The van der Waals surface area contributed by atoms with Crippen LogP contribution in [0.2, 0.25) is 0 Å². The van der Waals surface area contributed by atoms with Gasteiger partial charge in [-0.25, -0.2) is 4.79 Å². The van der Waals surface area contributed by atoms with Crippen molar-refractivity contribution in [3.8, 4) is 0 Å². The van der Waals surface area contributed by atoms with Gasteiger partial charge in [0.1, 0.15) is 5.76 Å². The third-order valence-corrected chi connectivity index (χ3v) is 3.67. The van der Waals surface area contributed by atoms with Crippen molar-refractivity contribution >= 4 is 28.9 Å². The molecule has 0 spiro atoms. The Labute approximate surface area is 178 Å². The highest BCUT2D eigenvalue weighted by molar-refractivity contribution is 5.99. The van der Waals surface area contributed by atoms with Crippen LogP contribution in [0.15, 0.2) is 59.1 Å². The summed E-state index contributed by atoms with van der Waals surface area (Å²) in [6.45, 7) is 11.5. The summed E-state index contributed by atoms with van der Waals surface area (Å²) in [6.07, 6.45) is -0.518. The number of benzene rings is 2. The molecule has 0 saturated carbocycles. The van der Waals surface area contributed by atoms with Gasteiger partial charge in [0.25, 0.3) is 0 Å². The van der Waals surface area contributed by atoms with Crippen molar-refractivity contribution in [1.82, 2.24) is 5.16 Å². The first-order valence-electron chi connectivity index (χ1n) is 10.2. The highest BCUT2D eigenvalue weighted by Crippen LogP contribution is 2.22. The number of hydrogen-bond acceptors (Lipinski definition) is 5. The van der Waals surface area contributed by atoms with Gasteiger partial charge in [0.2, 0.25) is 0 Å². The summed E-state index contributed by atoms with van der Waals surface area (Å²) in [5.74, 6) is 0.978. The second kappa shape index (κ2) is 13.0. The Bertz CT molecular complexity index is 889. The highest BCUT2D eigenvalue weighted by Gasteiger charge is 2.06. The monoisotopic (exact) mass is 412 g/mol. The molecule has 0 saturated heterocycles. The van der Waals surface area contributed by atoms with E-state index in [1.807, 2.05) is 64.1 Å². The molecule has 1 aromatic heterocycles. The number of nitrogens with zero attached hydrogens (tertiary/aromatic N) is 1. The Morgan fingerprint density at radius 1 is 0.933 bits per heavy atom. The number of nitrogens with one attached hydrogen (secondary N) is 3. The number of urea groups is 1. The second-order valence-electron chi connectivity index (χ2n) is 5.91. The Kier molecular flexibility index (Phi) is 10.7. The van der Waals surface area contributed by atoms with E-state index in [0.717, 1.165) is 16.9 Å². The van der Waals surface area contributed by atoms with E-state index in [4.69, 9.17) is 4.52 Å². The largest absolute Gasteiger partial charge is 0.389 e. The average molecular weight is 413 g/mol. The Morgan fingerprint density at radius 2 is 1.57 bits per heavy atom. The molecule has 1 heterocycles. The molecule has 0 aliphatic heterocycles.